The fourth-order valence-corrected chi connectivity index (χ4v) is 2.75. The van der Waals surface area contributed by atoms with Gasteiger partial charge in [-0.3, -0.25) is 4.79 Å². The molecule has 6 heteroatoms. The van der Waals surface area contributed by atoms with Crippen molar-refractivity contribution in [2.45, 2.75) is 58.6 Å². The minimum Gasteiger partial charge on any atom is -0.375 e. The van der Waals surface area contributed by atoms with E-state index in [1.165, 1.54) is 0 Å². The summed E-state index contributed by atoms with van der Waals surface area (Å²) in [6.07, 6.45) is 2.14. The third-order valence-electron chi connectivity index (χ3n) is 3.68. The molecule has 2 N–H and O–H groups in total. The minimum absolute atomic E-state index is 0.0552. The van der Waals surface area contributed by atoms with Gasteiger partial charge in [-0.25, -0.2) is 9.97 Å². The van der Waals surface area contributed by atoms with Crippen molar-refractivity contribution in [2.75, 3.05) is 18.5 Å². The number of anilines is 1. The van der Waals surface area contributed by atoms with E-state index in [0.29, 0.717) is 25.5 Å². The van der Waals surface area contributed by atoms with Crippen LogP contribution >= 0.6 is 0 Å². The van der Waals surface area contributed by atoms with Crippen molar-refractivity contribution < 1.29 is 9.53 Å². The van der Waals surface area contributed by atoms with Crippen LogP contribution in [0.3, 0.4) is 0 Å². The summed E-state index contributed by atoms with van der Waals surface area (Å²) in [5, 5.41) is 6.19. The molecule has 1 atom stereocenters. The first kappa shape index (κ1) is 16.7. The first-order valence-electron chi connectivity index (χ1n) is 7.83. The molecule has 0 radical (unpaired) electrons. The summed E-state index contributed by atoms with van der Waals surface area (Å²) in [4.78, 5) is 20.6. The summed E-state index contributed by atoms with van der Waals surface area (Å²) in [5.41, 5.74) is 1.69. The van der Waals surface area contributed by atoms with E-state index >= 15 is 0 Å². The van der Waals surface area contributed by atoms with Crippen LogP contribution in [0.1, 0.15) is 44.5 Å². The van der Waals surface area contributed by atoms with E-state index < -0.39 is 0 Å². The number of nitrogens with one attached hydrogen (secondary N) is 2. The molecular weight excluding hydrogens is 280 g/mol. The van der Waals surface area contributed by atoms with Crippen LogP contribution in [0.5, 0.6) is 0 Å². The predicted molar refractivity (Wildman–Crippen MR) is 85.8 cm³/mol. The van der Waals surface area contributed by atoms with E-state index in [0.717, 1.165) is 24.2 Å². The maximum Gasteiger partial charge on any atom is 0.223 e. The van der Waals surface area contributed by atoms with Crippen LogP contribution in [0.4, 0.5) is 5.95 Å². The molecule has 1 aliphatic heterocycles. The molecule has 1 fully saturated rings. The van der Waals surface area contributed by atoms with Crippen LogP contribution in [-0.2, 0) is 9.53 Å². The second-order valence-electron chi connectivity index (χ2n) is 6.52. The maximum absolute atomic E-state index is 12.0. The Labute approximate surface area is 132 Å². The van der Waals surface area contributed by atoms with Gasteiger partial charge in [0.25, 0.3) is 0 Å². The second kappa shape index (κ2) is 7.05. The lowest BCUT2D eigenvalue weighted by Gasteiger charge is -2.35. The zero-order chi connectivity index (χ0) is 16.2. The van der Waals surface area contributed by atoms with Crippen LogP contribution < -0.4 is 10.6 Å². The Bertz CT molecular complexity index is 511. The van der Waals surface area contributed by atoms with E-state index in [1.807, 2.05) is 19.9 Å². The van der Waals surface area contributed by atoms with Crippen LogP contribution in [0.25, 0.3) is 0 Å². The maximum atomic E-state index is 12.0. The SMILES string of the molecule is Cc1cc(C)nc(NCCC(=O)N[C@@H]2CCOC(C)(C)C2)n1. The highest BCUT2D eigenvalue weighted by Crippen LogP contribution is 2.23. The molecule has 0 saturated carbocycles. The molecule has 0 bridgehead atoms. The van der Waals surface area contributed by atoms with Gasteiger partial charge in [0.05, 0.1) is 5.60 Å². The van der Waals surface area contributed by atoms with Gasteiger partial charge in [0.15, 0.2) is 0 Å². The van der Waals surface area contributed by atoms with Crippen molar-refractivity contribution in [1.29, 1.82) is 0 Å². The van der Waals surface area contributed by atoms with Gasteiger partial charge in [0.1, 0.15) is 0 Å². The molecule has 1 aromatic rings. The van der Waals surface area contributed by atoms with Crippen molar-refractivity contribution in [3.63, 3.8) is 0 Å². The summed E-state index contributed by atoms with van der Waals surface area (Å²) < 4.78 is 5.66. The molecular formula is C16H26N4O2. The highest BCUT2D eigenvalue weighted by molar-refractivity contribution is 5.76. The molecule has 6 nitrogen and oxygen atoms in total. The molecule has 0 unspecified atom stereocenters. The summed E-state index contributed by atoms with van der Waals surface area (Å²) in [6, 6.07) is 2.12. The Kier molecular flexibility index (Phi) is 5.34. The molecule has 0 aliphatic carbocycles. The monoisotopic (exact) mass is 306 g/mol. The second-order valence-corrected chi connectivity index (χ2v) is 6.52. The molecule has 2 rings (SSSR count). The quantitative estimate of drug-likeness (QED) is 0.870. The predicted octanol–water partition coefficient (Wildman–Crippen LogP) is 1.97. The molecule has 0 spiro atoms. The van der Waals surface area contributed by atoms with Gasteiger partial charge in [0.2, 0.25) is 11.9 Å². The van der Waals surface area contributed by atoms with E-state index in [-0.39, 0.29) is 17.6 Å². The van der Waals surface area contributed by atoms with Gasteiger partial charge in [0, 0.05) is 37.0 Å². The lowest BCUT2D eigenvalue weighted by molar-refractivity contribution is -0.123. The lowest BCUT2D eigenvalue weighted by atomic mass is 9.94. The first-order valence-corrected chi connectivity index (χ1v) is 7.83. The molecule has 22 heavy (non-hydrogen) atoms. The summed E-state index contributed by atoms with van der Waals surface area (Å²) >= 11 is 0. The largest absolute Gasteiger partial charge is 0.375 e. The fourth-order valence-electron chi connectivity index (χ4n) is 2.75. The Hall–Kier alpha value is -1.69. The average molecular weight is 306 g/mol. The minimum atomic E-state index is -0.151. The van der Waals surface area contributed by atoms with Gasteiger partial charge < -0.3 is 15.4 Å². The first-order chi connectivity index (χ1) is 10.3. The number of amides is 1. The van der Waals surface area contributed by atoms with Crippen molar-refractivity contribution >= 4 is 11.9 Å². The van der Waals surface area contributed by atoms with Crippen LogP contribution in [0.2, 0.25) is 0 Å². The smallest absolute Gasteiger partial charge is 0.223 e. The average Bonchev–Trinajstić information content (AvgIpc) is 2.36. The molecule has 1 aliphatic rings. The normalized spacial score (nSPS) is 20.5. The van der Waals surface area contributed by atoms with E-state index in [9.17, 15) is 4.79 Å². The van der Waals surface area contributed by atoms with Crippen LogP contribution in [0, 0.1) is 13.8 Å². The van der Waals surface area contributed by atoms with Gasteiger partial charge in [-0.15, -0.1) is 0 Å². The molecule has 0 aromatic carbocycles. The zero-order valence-electron chi connectivity index (χ0n) is 13.9. The zero-order valence-corrected chi connectivity index (χ0v) is 13.9. The molecule has 1 saturated heterocycles. The van der Waals surface area contributed by atoms with Crippen molar-refractivity contribution in [3.8, 4) is 0 Å². The van der Waals surface area contributed by atoms with E-state index in [4.69, 9.17) is 4.74 Å². The summed E-state index contributed by atoms with van der Waals surface area (Å²) in [5.74, 6) is 0.636. The third kappa shape index (κ3) is 5.26. The van der Waals surface area contributed by atoms with Gasteiger partial charge in [-0.05, 0) is 46.6 Å². The van der Waals surface area contributed by atoms with E-state index in [1.54, 1.807) is 0 Å². The Morgan fingerprint density at radius 2 is 2.05 bits per heavy atom. The fraction of sp³-hybridized carbons (Fsp3) is 0.688. The summed E-state index contributed by atoms with van der Waals surface area (Å²) in [7, 11) is 0. The van der Waals surface area contributed by atoms with Crippen molar-refractivity contribution in [2.24, 2.45) is 0 Å². The van der Waals surface area contributed by atoms with E-state index in [2.05, 4.69) is 34.4 Å². The number of aromatic nitrogens is 2. The Balaban J connectivity index is 1.73. The number of rotatable bonds is 5. The molecule has 122 valence electrons. The highest BCUT2D eigenvalue weighted by Gasteiger charge is 2.29. The van der Waals surface area contributed by atoms with Crippen LogP contribution in [-0.4, -0.2) is 40.7 Å². The lowest BCUT2D eigenvalue weighted by Crippen LogP contribution is -2.46. The number of nitrogens with zero attached hydrogens (tertiary/aromatic N) is 2. The number of hydrogen-bond acceptors (Lipinski definition) is 5. The number of ether oxygens (including phenoxy) is 1. The molecule has 1 aromatic heterocycles. The summed E-state index contributed by atoms with van der Waals surface area (Å²) in [6.45, 7) is 9.21. The van der Waals surface area contributed by atoms with Crippen molar-refractivity contribution in [3.05, 3.63) is 17.5 Å². The Morgan fingerprint density at radius 1 is 1.36 bits per heavy atom. The highest BCUT2D eigenvalue weighted by atomic mass is 16.5. The topological polar surface area (TPSA) is 76.1 Å². The number of carbonyl (C=O) groups excluding carboxylic acids is 1. The third-order valence-corrected chi connectivity index (χ3v) is 3.68. The number of carbonyl (C=O) groups is 1. The number of hydrogen-bond donors (Lipinski definition) is 2. The van der Waals surface area contributed by atoms with Crippen LogP contribution in [0.15, 0.2) is 6.07 Å². The van der Waals surface area contributed by atoms with Gasteiger partial charge >= 0.3 is 0 Å². The number of aryl methyl sites for hydroxylation is 2. The standard InChI is InChI=1S/C16H26N4O2/c1-11-9-12(2)19-15(18-11)17-7-5-14(21)20-13-6-8-22-16(3,4)10-13/h9,13H,5-8,10H2,1-4H3,(H,20,21)(H,17,18,19)/t13-/m1/s1. The molecule has 1 amide bonds. The molecule has 2 heterocycles. The van der Waals surface area contributed by atoms with Gasteiger partial charge in [-0.1, -0.05) is 0 Å². The Morgan fingerprint density at radius 3 is 2.68 bits per heavy atom. The van der Waals surface area contributed by atoms with Gasteiger partial charge in [-0.2, -0.15) is 0 Å². The van der Waals surface area contributed by atoms with Crippen molar-refractivity contribution in [1.82, 2.24) is 15.3 Å².